The van der Waals surface area contributed by atoms with Gasteiger partial charge < -0.3 is 15.4 Å². The lowest BCUT2D eigenvalue weighted by Crippen LogP contribution is -2.53. The lowest BCUT2D eigenvalue weighted by Gasteiger charge is -2.38. The highest BCUT2D eigenvalue weighted by Gasteiger charge is 2.30. The summed E-state index contributed by atoms with van der Waals surface area (Å²) in [5.74, 6) is -0.297. The minimum absolute atomic E-state index is 0.0198. The number of aromatic amines is 1. The number of hydrogen-bond acceptors (Lipinski definition) is 4. The number of rotatable bonds is 5. The van der Waals surface area contributed by atoms with Gasteiger partial charge in [0.15, 0.2) is 0 Å². The molecule has 6 heteroatoms. The number of hydrogen-bond donors (Lipinski definition) is 3. The van der Waals surface area contributed by atoms with Gasteiger partial charge in [-0.2, -0.15) is 0 Å². The van der Waals surface area contributed by atoms with Crippen LogP contribution >= 0.6 is 0 Å². The molecule has 0 unspecified atom stereocenters. The highest BCUT2D eigenvalue weighted by molar-refractivity contribution is 5.92. The van der Waals surface area contributed by atoms with E-state index in [9.17, 15) is 14.7 Å². The van der Waals surface area contributed by atoms with Crippen LogP contribution in [-0.4, -0.2) is 46.6 Å². The van der Waals surface area contributed by atoms with Crippen LogP contribution in [0.15, 0.2) is 53.3 Å². The third-order valence-electron chi connectivity index (χ3n) is 4.65. The fraction of sp³-hybridized carbons (Fsp3) is 0.368. The first-order chi connectivity index (χ1) is 12.2. The SMILES string of the molecule is O=C(N[C@H]1CN(Cc2ccccc2)CC[C@@H]1CO)c1cccc(=O)[nH]1. The van der Waals surface area contributed by atoms with Crippen LogP contribution in [0.1, 0.15) is 22.5 Å². The molecule has 1 aromatic carbocycles. The number of piperidine rings is 1. The largest absolute Gasteiger partial charge is 0.396 e. The van der Waals surface area contributed by atoms with Gasteiger partial charge in [0.05, 0.1) is 0 Å². The van der Waals surface area contributed by atoms with Gasteiger partial charge >= 0.3 is 0 Å². The first-order valence-corrected chi connectivity index (χ1v) is 8.53. The second kappa shape index (κ2) is 8.09. The van der Waals surface area contributed by atoms with Crippen molar-refractivity contribution in [2.45, 2.75) is 19.0 Å². The van der Waals surface area contributed by atoms with Crippen molar-refractivity contribution in [1.82, 2.24) is 15.2 Å². The van der Waals surface area contributed by atoms with Crippen molar-refractivity contribution in [1.29, 1.82) is 0 Å². The van der Waals surface area contributed by atoms with Crippen LogP contribution in [-0.2, 0) is 6.54 Å². The average Bonchev–Trinajstić information content (AvgIpc) is 2.63. The number of carbonyl (C=O) groups excluding carboxylic acids is 1. The molecule has 132 valence electrons. The topological polar surface area (TPSA) is 85.4 Å². The van der Waals surface area contributed by atoms with Crippen molar-refractivity contribution in [3.8, 4) is 0 Å². The molecule has 6 nitrogen and oxygen atoms in total. The standard InChI is InChI=1S/C19H23N3O3/c23-13-15-9-10-22(11-14-5-2-1-3-6-14)12-17(15)21-19(25)16-7-4-8-18(24)20-16/h1-8,15,17,23H,9-13H2,(H,20,24)(H,21,25)/t15-,17+/m1/s1. The summed E-state index contributed by atoms with van der Waals surface area (Å²) in [6.45, 7) is 2.40. The Balaban J connectivity index is 1.66. The van der Waals surface area contributed by atoms with E-state index in [0.717, 1.165) is 19.5 Å². The Morgan fingerprint density at radius 2 is 2.00 bits per heavy atom. The van der Waals surface area contributed by atoms with Crippen LogP contribution in [0, 0.1) is 5.92 Å². The number of amides is 1. The molecule has 1 aliphatic rings. The van der Waals surface area contributed by atoms with E-state index < -0.39 is 0 Å². The van der Waals surface area contributed by atoms with E-state index in [-0.39, 0.29) is 35.7 Å². The van der Waals surface area contributed by atoms with Crippen molar-refractivity contribution < 1.29 is 9.90 Å². The van der Waals surface area contributed by atoms with Gasteiger partial charge in [-0.25, -0.2) is 0 Å². The summed E-state index contributed by atoms with van der Waals surface area (Å²) in [5.41, 5.74) is 1.16. The molecular weight excluding hydrogens is 318 g/mol. The zero-order valence-corrected chi connectivity index (χ0v) is 14.0. The summed E-state index contributed by atoms with van der Waals surface area (Å²) < 4.78 is 0. The molecule has 1 amide bonds. The Bertz CT molecular complexity index is 760. The minimum atomic E-state index is -0.317. The summed E-state index contributed by atoms with van der Waals surface area (Å²) in [4.78, 5) is 28.6. The van der Waals surface area contributed by atoms with Gasteiger partial charge in [0.25, 0.3) is 5.91 Å². The maximum atomic E-state index is 12.4. The van der Waals surface area contributed by atoms with E-state index in [4.69, 9.17) is 0 Å². The average molecular weight is 341 g/mol. The number of H-pyrrole nitrogens is 1. The number of nitrogens with one attached hydrogen (secondary N) is 2. The first kappa shape index (κ1) is 17.4. The highest BCUT2D eigenvalue weighted by Crippen LogP contribution is 2.19. The highest BCUT2D eigenvalue weighted by atomic mass is 16.3. The second-order valence-corrected chi connectivity index (χ2v) is 6.46. The molecule has 0 saturated carbocycles. The van der Waals surface area contributed by atoms with Crippen LogP contribution in [0.4, 0.5) is 0 Å². The smallest absolute Gasteiger partial charge is 0.268 e. The van der Waals surface area contributed by atoms with Crippen LogP contribution in [0.3, 0.4) is 0 Å². The van der Waals surface area contributed by atoms with E-state index in [2.05, 4.69) is 27.3 Å². The van der Waals surface area contributed by atoms with E-state index >= 15 is 0 Å². The maximum absolute atomic E-state index is 12.4. The summed E-state index contributed by atoms with van der Waals surface area (Å²) in [7, 11) is 0. The van der Waals surface area contributed by atoms with Gasteiger partial charge in [-0.15, -0.1) is 0 Å². The van der Waals surface area contributed by atoms with Gasteiger partial charge in [-0.05, 0) is 24.6 Å². The minimum Gasteiger partial charge on any atom is -0.396 e. The number of benzene rings is 1. The zero-order valence-electron chi connectivity index (χ0n) is 14.0. The van der Waals surface area contributed by atoms with Crippen molar-refractivity contribution in [3.05, 3.63) is 70.1 Å². The molecule has 0 aliphatic carbocycles. The Labute approximate surface area is 146 Å². The number of aromatic nitrogens is 1. The molecule has 2 atom stereocenters. The van der Waals surface area contributed by atoms with Gasteiger partial charge in [-0.3, -0.25) is 14.5 Å². The fourth-order valence-corrected chi connectivity index (χ4v) is 3.26. The molecule has 3 N–H and O–H groups in total. The predicted molar refractivity (Wildman–Crippen MR) is 95.2 cm³/mol. The van der Waals surface area contributed by atoms with Crippen LogP contribution in [0.25, 0.3) is 0 Å². The van der Waals surface area contributed by atoms with E-state index in [0.29, 0.717) is 6.54 Å². The van der Waals surface area contributed by atoms with Crippen molar-refractivity contribution in [2.24, 2.45) is 5.92 Å². The Kier molecular flexibility index (Phi) is 5.63. The van der Waals surface area contributed by atoms with Crippen LogP contribution < -0.4 is 10.9 Å². The van der Waals surface area contributed by atoms with Crippen LogP contribution in [0.5, 0.6) is 0 Å². The molecule has 0 spiro atoms. The van der Waals surface area contributed by atoms with E-state index in [1.54, 1.807) is 12.1 Å². The van der Waals surface area contributed by atoms with Crippen molar-refractivity contribution >= 4 is 5.91 Å². The molecule has 25 heavy (non-hydrogen) atoms. The molecule has 1 aliphatic heterocycles. The zero-order chi connectivity index (χ0) is 17.6. The number of carbonyl (C=O) groups is 1. The third-order valence-corrected chi connectivity index (χ3v) is 4.65. The fourth-order valence-electron chi connectivity index (χ4n) is 3.26. The van der Waals surface area contributed by atoms with E-state index in [1.165, 1.54) is 11.6 Å². The second-order valence-electron chi connectivity index (χ2n) is 6.46. The van der Waals surface area contributed by atoms with Gasteiger partial charge in [0.1, 0.15) is 5.69 Å². The van der Waals surface area contributed by atoms with Gasteiger partial charge in [0, 0.05) is 37.7 Å². The summed E-state index contributed by atoms with van der Waals surface area (Å²) in [6, 6.07) is 14.5. The monoisotopic (exact) mass is 341 g/mol. The molecule has 1 saturated heterocycles. The van der Waals surface area contributed by atoms with Crippen LogP contribution in [0.2, 0.25) is 0 Å². The molecule has 2 aromatic rings. The Morgan fingerprint density at radius 3 is 2.72 bits per heavy atom. The predicted octanol–water partition coefficient (Wildman–Crippen LogP) is 0.988. The number of likely N-dealkylation sites (tertiary alicyclic amines) is 1. The summed E-state index contributed by atoms with van der Waals surface area (Å²) in [5, 5.41) is 12.6. The molecule has 1 fully saturated rings. The van der Waals surface area contributed by atoms with Gasteiger partial charge in [0.2, 0.25) is 5.56 Å². The number of aliphatic hydroxyl groups excluding tert-OH is 1. The molecule has 1 aromatic heterocycles. The molecule has 0 radical (unpaired) electrons. The molecule has 2 heterocycles. The molecular formula is C19H23N3O3. The molecule has 0 bridgehead atoms. The summed E-state index contributed by atoms with van der Waals surface area (Å²) in [6.07, 6.45) is 0.819. The lowest BCUT2D eigenvalue weighted by atomic mass is 9.91. The normalized spacial score (nSPS) is 21.0. The third kappa shape index (κ3) is 4.55. The van der Waals surface area contributed by atoms with Gasteiger partial charge in [-0.1, -0.05) is 36.4 Å². The lowest BCUT2D eigenvalue weighted by molar-refractivity contribution is 0.0727. The van der Waals surface area contributed by atoms with Crippen molar-refractivity contribution in [2.75, 3.05) is 19.7 Å². The number of nitrogens with zero attached hydrogens (tertiary/aromatic N) is 1. The maximum Gasteiger partial charge on any atom is 0.268 e. The number of aliphatic hydroxyl groups is 1. The molecule has 3 rings (SSSR count). The first-order valence-electron chi connectivity index (χ1n) is 8.53. The Hall–Kier alpha value is -2.44. The summed E-state index contributed by atoms with van der Waals surface area (Å²) >= 11 is 0. The van der Waals surface area contributed by atoms with Crippen molar-refractivity contribution in [3.63, 3.8) is 0 Å². The number of pyridine rings is 1. The quantitative estimate of drug-likeness (QED) is 0.757. The Morgan fingerprint density at radius 1 is 1.20 bits per heavy atom. The van der Waals surface area contributed by atoms with E-state index in [1.807, 2.05) is 18.2 Å².